The summed E-state index contributed by atoms with van der Waals surface area (Å²) in [4.78, 5) is 11.8. The van der Waals surface area contributed by atoms with Crippen LogP contribution in [-0.4, -0.2) is 11.4 Å². The van der Waals surface area contributed by atoms with Gasteiger partial charge < -0.3 is 10.5 Å². The number of benzene rings is 1. The molecule has 3 heteroatoms. The summed E-state index contributed by atoms with van der Waals surface area (Å²) in [6.07, 6.45) is 1.67. The van der Waals surface area contributed by atoms with Crippen molar-refractivity contribution in [1.82, 2.24) is 0 Å². The lowest BCUT2D eigenvalue weighted by Crippen LogP contribution is -2.21. The van der Waals surface area contributed by atoms with Gasteiger partial charge in [0.15, 0.2) is 11.4 Å². The van der Waals surface area contributed by atoms with Crippen molar-refractivity contribution < 1.29 is 9.53 Å². The Balaban J connectivity index is 2.22. The predicted octanol–water partition coefficient (Wildman–Crippen LogP) is 1.38. The molecule has 1 saturated carbocycles. The molecule has 3 rings (SSSR count). The summed E-state index contributed by atoms with van der Waals surface area (Å²) in [6.45, 7) is 0. The van der Waals surface area contributed by atoms with Crippen LogP contribution in [0.3, 0.4) is 0 Å². The predicted molar refractivity (Wildman–Crippen MR) is 47.8 cm³/mol. The first-order valence-electron chi connectivity index (χ1n) is 4.35. The van der Waals surface area contributed by atoms with E-state index in [1.54, 1.807) is 18.2 Å². The van der Waals surface area contributed by atoms with Gasteiger partial charge in [-0.25, -0.2) is 0 Å². The van der Waals surface area contributed by atoms with Crippen LogP contribution in [0.15, 0.2) is 18.2 Å². The summed E-state index contributed by atoms with van der Waals surface area (Å²) >= 11 is 0. The highest BCUT2D eigenvalue weighted by atomic mass is 16.5. The summed E-state index contributed by atoms with van der Waals surface area (Å²) in [5.74, 6) is 0.694. The Hall–Kier alpha value is -1.51. The van der Waals surface area contributed by atoms with Crippen LogP contribution in [0.5, 0.6) is 5.75 Å². The maximum absolute atomic E-state index is 11.8. The highest BCUT2D eigenvalue weighted by Crippen LogP contribution is 2.51. The van der Waals surface area contributed by atoms with Gasteiger partial charge in [0.1, 0.15) is 0 Å². The number of anilines is 1. The molecule has 66 valence electrons. The molecule has 1 fully saturated rings. The van der Waals surface area contributed by atoms with Gasteiger partial charge in [0.25, 0.3) is 0 Å². The van der Waals surface area contributed by atoms with Crippen molar-refractivity contribution >= 4 is 11.5 Å². The Morgan fingerprint density at radius 3 is 2.77 bits per heavy atom. The Labute approximate surface area is 75.5 Å². The van der Waals surface area contributed by atoms with E-state index in [4.69, 9.17) is 10.5 Å². The number of Topliss-reactive ketones (excluding diaryl/α,β-unsaturated/α-hetero) is 1. The van der Waals surface area contributed by atoms with Gasteiger partial charge >= 0.3 is 0 Å². The average Bonchev–Trinajstić information content (AvgIpc) is 2.82. The lowest BCUT2D eigenvalue weighted by atomic mass is 10.1. The molecule has 0 unspecified atom stereocenters. The van der Waals surface area contributed by atoms with Gasteiger partial charge in [-0.3, -0.25) is 4.79 Å². The Bertz CT molecular complexity index is 407. The Kier molecular flexibility index (Phi) is 0.998. The topological polar surface area (TPSA) is 52.3 Å². The molecule has 1 spiro atoms. The molecule has 2 N–H and O–H groups in total. The van der Waals surface area contributed by atoms with E-state index >= 15 is 0 Å². The van der Waals surface area contributed by atoms with Crippen molar-refractivity contribution in [2.75, 3.05) is 5.73 Å². The molecule has 3 nitrogen and oxygen atoms in total. The number of nitrogens with two attached hydrogens (primary N) is 1. The number of ether oxygens (including phenoxy) is 1. The van der Waals surface area contributed by atoms with Crippen LogP contribution in [0.25, 0.3) is 0 Å². The van der Waals surface area contributed by atoms with Crippen molar-refractivity contribution in [1.29, 1.82) is 0 Å². The summed E-state index contributed by atoms with van der Waals surface area (Å²) in [5, 5.41) is 0. The van der Waals surface area contributed by atoms with Crippen LogP contribution < -0.4 is 10.5 Å². The number of carbonyl (C=O) groups excluding carboxylic acids is 1. The second-order valence-corrected chi connectivity index (χ2v) is 3.65. The van der Waals surface area contributed by atoms with Crippen LogP contribution in [0.4, 0.5) is 5.69 Å². The van der Waals surface area contributed by atoms with E-state index in [1.807, 2.05) is 0 Å². The van der Waals surface area contributed by atoms with Crippen LogP contribution in [0.2, 0.25) is 0 Å². The minimum absolute atomic E-state index is 0.106. The summed E-state index contributed by atoms with van der Waals surface area (Å²) in [7, 11) is 0. The monoisotopic (exact) mass is 175 g/mol. The van der Waals surface area contributed by atoms with Gasteiger partial charge in [-0.1, -0.05) is 6.07 Å². The molecular formula is C10H9NO2. The van der Waals surface area contributed by atoms with Crippen molar-refractivity contribution in [3.05, 3.63) is 23.8 Å². The molecule has 2 aliphatic rings. The highest BCUT2D eigenvalue weighted by molar-refractivity contribution is 6.10. The number of nitrogen functional groups attached to an aromatic ring is 1. The molecule has 1 aromatic rings. The zero-order valence-corrected chi connectivity index (χ0v) is 7.04. The van der Waals surface area contributed by atoms with Crippen molar-refractivity contribution in [2.24, 2.45) is 0 Å². The molecule has 0 saturated heterocycles. The molecule has 1 aliphatic heterocycles. The normalized spacial score (nSPS) is 21.4. The lowest BCUT2D eigenvalue weighted by molar-refractivity contribution is 0.0821. The molecule has 1 aliphatic carbocycles. The molecule has 0 atom stereocenters. The van der Waals surface area contributed by atoms with Gasteiger partial charge in [0, 0.05) is 0 Å². The standard InChI is InChI=1S/C10H9NO2/c11-7-3-1-2-6-8(7)13-10(4-5-10)9(6)12/h1-3H,4-5,11H2. The van der Waals surface area contributed by atoms with Crippen LogP contribution in [-0.2, 0) is 0 Å². The number of ketones is 1. The average molecular weight is 175 g/mol. The van der Waals surface area contributed by atoms with Gasteiger partial charge in [-0.2, -0.15) is 0 Å². The van der Waals surface area contributed by atoms with E-state index in [-0.39, 0.29) is 5.78 Å². The Morgan fingerprint density at radius 1 is 1.38 bits per heavy atom. The second-order valence-electron chi connectivity index (χ2n) is 3.65. The fourth-order valence-corrected chi connectivity index (χ4v) is 1.78. The van der Waals surface area contributed by atoms with Crippen LogP contribution in [0, 0.1) is 0 Å². The first kappa shape index (κ1) is 6.95. The van der Waals surface area contributed by atoms with Crippen LogP contribution in [0.1, 0.15) is 23.2 Å². The van der Waals surface area contributed by atoms with E-state index < -0.39 is 5.60 Å². The maximum atomic E-state index is 11.8. The number of fused-ring (bicyclic) bond motifs is 1. The molecule has 0 bridgehead atoms. The number of carbonyl (C=O) groups is 1. The lowest BCUT2D eigenvalue weighted by Gasteiger charge is -2.05. The molecule has 0 aromatic heterocycles. The number of para-hydroxylation sites is 1. The quantitative estimate of drug-likeness (QED) is 0.606. The molecule has 1 heterocycles. The largest absolute Gasteiger partial charge is 0.476 e. The van der Waals surface area contributed by atoms with Crippen molar-refractivity contribution in [3.8, 4) is 5.75 Å². The van der Waals surface area contributed by atoms with Gasteiger partial charge in [-0.05, 0) is 25.0 Å². The zero-order chi connectivity index (χ0) is 9.05. The Morgan fingerprint density at radius 2 is 2.15 bits per heavy atom. The fourth-order valence-electron chi connectivity index (χ4n) is 1.78. The second kappa shape index (κ2) is 1.87. The first-order chi connectivity index (χ1) is 6.23. The molecule has 1 aromatic carbocycles. The molecule has 0 amide bonds. The fraction of sp³-hybridized carbons (Fsp3) is 0.300. The number of hydrogen-bond donors (Lipinski definition) is 1. The number of rotatable bonds is 0. The van der Waals surface area contributed by atoms with Crippen molar-refractivity contribution in [2.45, 2.75) is 18.4 Å². The summed E-state index contributed by atoms with van der Waals surface area (Å²) in [5.41, 5.74) is 6.40. The molecular weight excluding hydrogens is 166 g/mol. The van der Waals surface area contributed by atoms with E-state index in [2.05, 4.69) is 0 Å². The summed E-state index contributed by atoms with van der Waals surface area (Å²) in [6, 6.07) is 5.32. The third kappa shape index (κ3) is 0.716. The van der Waals surface area contributed by atoms with Crippen molar-refractivity contribution in [3.63, 3.8) is 0 Å². The first-order valence-corrected chi connectivity index (χ1v) is 4.35. The summed E-state index contributed by atoms with van der Waals surface area (Å²) < 4.78 is 5.57. The van der Waals surface area contributed by atoms with E-state index in [0.29, 0.717) is 17.0 Å². The van der Waals surface area contributed by atoms with E-state index in [1.165, 1.54) is 0 Å². The highest BCUT2D eigenvalue weighted by Gasteiger charge is 2.58. The van der Waals surface area contributed by atoms with Gasteiger partial charge in [-0.15, -0.1) is 0 Å². The number of hydrogen-bond acceptors (Lipinski definition) is 3. The maximum Gasteiger partial charge on any atom is 0.210 e. The molecule has 0 radical (unpaired) electrons. The SMILES string of the molecule is Nc1cccc2c1OC1(CC1)C2=O. The molecule has 13 heavy (non-hydrogen) atoms. The van der Waals surface area contributed by atoms with E-state index in [9.17, 15) is 4.79 Å². The third-order valence-corrected chi connectivity index (χ3v) is 2.71. The van der Waals surface area contributed by atoms with Gasteiger partial charge in [0.2, 0.25) is 5.78 Å². The minimum atomic E-state index is -0.516. The van der Waals surface area contributed by atoms with E-state index in [0.717, 1.165) is 12.8 Å². The minimum Gasteiger partial charge on any atom is -0.476 e. The zero-order valence-electron chi connectivity index (χ0n) is 7.04. The van der Waals surface area contributed by atoms with Gasteiger partial charge in [0.05, 0.1) is 11.3 Å². The van der Waals surface area contributed by atoms with Crippen LogP contribution >= 0.6 is 0 Å². The smallest absolute Gasteiger partial charge is 0.210 e. The third-order valence-electron chi connectivity index (χ3n) is 2.71.